The number of nitrogens with one attached hydrogen (secondary N) is 1. The summed E-state index contributed by atoms with van der Waals surface area (Å²) >= 11 is 1.03. The summed E-state index contributed by atoms with van der Waals surface area (Å²) in [5.74, 6) is -1.09. The van der Waals surface area contributed by atoms with E-state index in [1.807, 2.05) is 0 Å². The summed E-state index contributed by atoms with van der Waals surface area (Å²) in [5, 5.41) is 2.52. The Kier molecular flexibility index (Phi) is 8.40. The summed E-state index contributed by atoms with van der Waals surface area (Å²) in [4.78, 5) is 27.6. The zero-order valence-electron chi connectivity index (χ0n) is 18.4. The average molecular weight is 463 g/mol. The molecular weight excluding hydrogens is 433 g/mol. The van der Waals surface area contributed by atoms with Gasteiger partial charge in [-0.2, -0.15) is 13.2 Å². The minimum Gasteiger partial charge on any atom is -0.385 e. The molecule has 31 heavy (non-hydrogen) atoms. The molecule has 10 heteroatoms. The third kappa shape index (κ3) is 5.93. The normalized spacial score (nSPS) is 19.0. The van der Waals surface area contributed by atoms with Crippen molar-refractivity contribution in [2.45, 2.75) is 55.5 Å². The van der Waals surface area contributed by atoms with Gasteiger partial charge in [0.05, 0.1) is 23.4 Å². The predicted molar refractivity (Wildman–Crippen MR) is 114 cm³/mol. The Balaban J connectivity index is 2.60. The molecule has 1 aromatic carbocycles. The second-order valence-corrected chi connectivity index (χ2v) is 9.46. The highest BCUT2D eigenvalue weighted by Gasteiger charge is 2.46. The van der Waals surface area contributed by atoms with E-state index in [1.54, 1.807) is 27.9 Å². The maximum Gasteiger partial charge on any atom is 0.417 e. The maximum absolute atomic E-state index is 13.8. The van der Waals surface area contributed by atoms with Gasteiger partial charge in [-0.25, -0.2) is 0 Å². The number of nitrogens with zero attached hydrogens (tertiary/aromatic N) is 1. The molecule has 0 fully saturated rings. The van der Waals surface area contributed by atoms with Crippen LogP contribution in [0.15, 0.2) is 17.0 Å². The van der Waals surface area contributed by atoms with Gasteiger partial charge in [0.1, 0.15) is 4.75 Å². The van der Waals surface area contributed by atoms with Crippen molar-refractivity contribution in [3.63, 3.8) is 0 Å². The van der Waals surface area contributed by atoms with Crippen LogP contribution >= 0.6 is 11.8 Å². The van der Waals surface area contributed by atoms with E-state index in [9.17, 15) is 22.8 Å². The smallest absolute Gasteiger partial charge is 0.385 e. The van der Waals surface area contributed by atoms with Gasteiger partial charge in [0.15, 0.2) is 0 Å². The lowest BCUT2D eigenvalue weighted by molar-refractivity contribution is -0.138. The first-order valence-electron chi connectivity index (χ1n) is 9.99. The van der Waals surface area contributed by atoms with Crippen LogP contribution < -0.4 is 10.2 Å². The van der Waals surface area contributed by atoms with Crippen LogP contribution in [0.1, 0.15) is 49.5 Å². The number of rotatable bonds is 9. The van der Waals surface area contributed by atoms with E-state index in [0.29, 0.717) is 36.6 Å². The molecule has 0 saturated carbocycles. The van der Waals surface area contributed by atoms with Crippen molar-refractivity contribution in [1.82, 2.24) is 5.32 Å². The molecule has 1 aromatic rings. The van der Waals surface area contributed by atoms with Crippen LogP contribution in [0.5, 0.6) is 0 Å². The minimum atomic E-state index is -4.72. The van der Waals surface area contributed by atoms with Gasteiger partial charge >= 0.3 is 6.18 Å². The third-order valence-corrected chi connectivity index (χ3v) is 6.08. The van der Waals surface area contributed by atoms with E-state index >= 15 is 0 Å². The number of ether oxygens (including phenoxy) is 2. The van der Waals surface area contributed by atoms with Crippen molar-refractivity contribution in [3.05, 3.63) is 23.3 Å². The predicted octanol–water partition coefficient (Wildman–Crippen LogP) is 4.11. The Morgan fingerprint density at radius 3 is 2.45 bits per heavy atom. The second kappa shape index (κ2) is 10.2. The lowest BCUT2D eigenvalue weighted by atomic mass is 10.0. The van der Waals surface area contributed by atoms with E-state index < -0.39 is 28.0 Å². The minimum absolute atomic E-state index is 0.0431. The van der Waals surface area contributed by atoms with Crippen molar-refractivity contribution >= 4 is 29.3 Å². The number of carbonyl (C=O) groups is 2. The van der Waals surface area contributed by atoms with E-state index in [2.05, 4.69) is 5.32 Å². The van der Waals surface area contributed by atoms with Crippen LogP contribution in [0.3, 0.4) is 0 Å². The van der Waals surface area contributed by atoms with Crippen molar-refractivity contribution in [2.24, 2.45) is 0 Å². The molecule has 2 amide bonds. The van der Waals surface area contributed by atoms with Gasteiger partial charge in [-0.1, -0.05) is 0 Å². The molecule has 0 radical (unpaired) electrons. The molecular formula is C21H29F3N2O4S. The molecule has 0 aliphatic carbocycles. The maximum atomic E-state index is 13.8. The highest BCUT2D eigenvalue weighted by atomic mass is 32.2. The van der Waals surface area contributed by atoms with Crippen molar-refractivity contribution in [1.29, 1.82) is 0 Å². The molecule has 1 heterocycles. The molecule has 2 rings (SSSR count). The standard InChI is InChI=1S/C21H29F3N2O4S/c1-13(2)25-18(27)14-10-16-17(11-15(14)21(22,23)24)31-20(3,12-30-5)19(28)26(16)8-6-7-9-29-4/h10-11,13H,6-9,12H2,1-5H3,(H,25,27). The van der Waals surface area contributed by atoms with Gasteiger partial charge in [0, 0.05) is 38.3 Å². The fraction of sp³-hybridized carbons (Fsp3) is 0.619. The van der Waals surface area contributed by atoms with Crippen LogP contribution in [0.2, 0.25) is 0 Å². The number of benzene rings is 1. The highest BCUT2D eigenvalue weighted by molar-refractivity contribution is 8.01. The average Bonchev–Trinajstić information content (AvgIpc) is 2.66. The fourth-order valence-electron chi connectivity index (χ4n) is 3.41. The number of halogens is 3. The van der Waals surface area contributed by atoms with E-state index in [0.717, 1.165) is 17.8 Å². The number of unbranched alkanes of at least 4 members (excludes halogenated alkanes) is 1. The Hall–Kier alpha value is -1.78. The van der Waals surface area contributed by atoms with Gasteiger partial charge in [0.2, 0.25) is 5.91 Å². The van der Waals surface area contributed by atoms with Gasteiger partial charge in [0.25, 0.3) is 5.91 Å². The van der Waals surface area contributed by atoms with E-state index in [1.165, 1.54) is 18.1 Å². The summed E-state index contributed by atoms with van der Waals surface area (Å²) in [6, 6.07) is 1.82. The van der Waals surface area contributed by atoms with Gasteiger partial charge < -0.3 is 19.7 Å². The second-order valence-electron chi connectivity index (χ2n) is 7.91. The molecule has 1 aliphatic rings. The summed E-state index contributed by atoms with van der Waals surface area (Å²) in [5.41, 5.74) is -1.21. The molecule has 0 aromatic heterocycles. The summed E-state index contributed by atoms with van der Waals surface area (Å²) in [6.45, 7) is 5.84. The quantitative estimate of drug-likeness (QED) is 0.560. The molecule has 0 spiro atoms. The summed E-state index contributed by atoms with van der Waals surface area (Å²) in [7, 11) is 3.02. The third-order valence-electron chi connectivity index (χ3n) is 4.79. The molecule has 6 nitrogen and oxygen atoms in total. The number of carbonyl (C=O) groups excluding carboxylic acids is 2. The highest BCUT2D eigenvalue weighted by Crippen LogP contribution is 2.48. The van der Waals surface area contributed by atoms with Gasteiger partial charge in [-0.3, -0.25) is 9.59 Å². The number of methoxy groups -OCH3 is 2. The molecule has 1 N–H and O–H groups in total. The van der Waals surface area contributed by atoms with Crippen LogP contribution in [-0.4, -0.2) is 56.6 Å². The van der Waals surface area contributed by atoms with Crippen LogP contribution in [0.25, 0.3) is 0 Å². The number of thioether (sulfide) groups is 1. The molecule has 1 unspecified atom stereocenters. The number of hydrogen-bond donors (Lipinski definition) is 1. The first-order valence-corrected chi connectivity index (χ1v) is 10.8. The Morgan fingerprint density at radius 1 is 1.23 bits per heavy atom. The number of alkyl halides is 3. The van der Waals surface area contributed by atoms with Crippen molar-refractivity contribution in [3.8, 4) is 0 Å². The zero-order valence-corrected chi connectivity index (χ0v) is 19.2. The topological polar surface area (TPSA) is 67.9 Å². The van der Waals surface area contributed by atoms with Crippen LogP contribution in [0.4, 0.5) is 18.9 Å². The Labute approximate surface area is 184 Å². The molecule has 174 valence electrons. The lowest BCUT2D eigenvalue weighted by Gasteiger charge is -2.40. The Bertz CT molecular complexity index is 817. The largest absolute Gasteiger partial charge is 0.417 e. The SMILES string of the molecule is COCCCCN1C(=O)C(C)(COC)Sc2cc(C(F)(F)F)c(C(=O)NC(C)C)cc21. The van der Waals surface area contributed by atoms with Crippen LogP contribution in [0, 0.1) is 0 Å². The van der Waals surface area contributed by atoms with Crippen molar-refractivity contribution < 1.29 is 32.2 Å². The van der Waals surface area contributed by atoms with Gasteiger partial charge in [-0.15, -0.1) is 11.8 Å². The number of hydrogen-bond acceptors (Lipinski definition) is 5. The monoisotopic (exact) mass is 462 g/mol. The van der Waals surface area contributed by atoms with Crippen molar-refractivity contribution in [2.75, 3.05) is 38.9 Å². The summed E-state index contributed by atoms with van der Waals surface area (Å²) in [6.07, 6.45) is -3.44. The van der Waals surface area contributed by atoms with E-state index in [4.69, 9.17) is 9.47 Å². The van der Waals surface area contributed by atoms with Crippen LogP contribution in [-0.2, 0) is 20.4 Å². The molecule has 1 atom stereocenters. The summed E-state index contributed by atoms with van der Waals surface area (Å²) < 4.78 is 50.6. The fourth-order valence-corrected chi connectivity index (χ4v) is 4.72. The van der Waals surface area contributed by atoms with E-state index in [-0.39, 0.29) is 18.6 Å². The molecule has 0 bridgehead atoms. The number of anilines is 1. The zero-order chi connectivity index (χ0) is 23.4. The Morgan fingerprint density at radius 2 is 1.90 bits per heavy atom. The number of amides is 2. The van der Waals surface area contributed by atoms with Gasteiger partial charge in [-0.05, 0) is 45.7 Å². The first-order chi connectivity index (χ1) is 14.4. The molecule has 0 saturated heterocycles. The molecule has 1 aliphatic heterocycles. The first kappa shape index (κ1) is 25.5. The number of fused-ring (bicyclic) bond motifs is 1. The lowest BCUT2D eigenvalue weighted by Crippen LogP contribution is -2.51.